The van der Waals surface area contributed by atoms with Gasteiger partial charge in [-0.1, -0.05) is 71.7 Å². The number of halogens is 2. The number of Topliss-reactive ketones (excluding diaryl/α,β-unsaturated/α-hetero) is 1. The van der Waals surface area contributed by atoms with Crippen molar-refractivity contribution < 1.29 is 14.3 Å². The molecule has 3 aromatic carbocycles. The molecule has 1 heterocycles. The molecule has 1 aromatic heterocycles. The first-order valence-electron chi connectivity index (χ1n) is 11.6. The zero-order chi connectivity index (χ0) is 25.5. The quantitative estimate of drug-likeness (QED) is 0.176. The van der Waals surface area contributed by atoms with Crippen molar-refractivity contribution in [2.45, 2.75) is 12.5 Å². The van der Waals surface area contributed by atoms with Crippen molar-refractivity contribution in [3.8, 4) is 0 Å². The van der Waals surface area contributed by atoms with Crippen LogP contribution in [0.5, 0.6) is 0 Å². The molecule has 0 aliphatic rings. The number of benzene rings is 3. The minimum atomic E-state index is -0.574. The van der Waals surface area contributed by atoms with Gasteiger partial charge >= 0.3 is 0 Å². The third-order valence-corrected chi connectivity index (χ3v) is 6.56. The highest BCUT2D eigenvalue weighted by molar-refractivity contribution is 6.35. The Morgan fingerprint density at radius 2 is 1.78 bits per heavy atom. The van der Waals surface area contributed by atoms with E-state index >= 15 is 0 Å². The number of fused-ring (bicyclic) bond motifs is 1. The molecule has 3 N–H and O–H groups in total. The fourth-order valence-electron chi connectivity index (χ4n) is 4.15. The van der Waals surface area contributed by atoms with Crippen LogP contribution in [0.15, 0.2) is 72.9 Å². The molecule has 0 spiro atoms. The van der Waals surface area contributed by atoms with Crippen LogP contribution in [-0.2, 0) is 11.2 Å². The van der Waals surface area contributed by atoms with Gasteiger partial charge in [-0.2, -0.15) is 0 Å². The van der Waals surface area contributed by atoms with E-state index in [1.54, 1.807) is 37.6 Å². The Balaban J connectivity index is 1.58. The van der Waals surface area contributed by atoms with Crippen LogP contribution in [0.2, 0.25) is 10.0 Å². The number of carbonyl (C=O) groups is 2. The third kappa shape index (κ3) is 5.97. The van der Waals surface area contributed by atoms with E-state index in [-0.39, 0.29) is 11.7 Å². The minimum absolute atomic E-state index is 0.0911. The molecule has 4 aromatic rings. The van der Waals surface area contributed by atoms with Crippen LogP contribution in [0.25, 0.3) is 10.9 Å². The molecule has 0 fully saturated rings. The molecule has 186 valence electrons. The fraction of sp³-hybridized carbons (Fsp3) is 0.214. The van der Waals surface area contributed by atoms with Gasteiger partial charge in [0.1, 0.15) is 0 Å². The van der Waals surface area contributed by atoms with Crippen molar-refractivity contribution >= 4 is 45.8 Å². The smallest absolute Gasteiger partial charge is 0.253 e. The number of para-hydroxylation sites is 1. The van der Waals surface area contributed by atoms with Gasteiger partial charge in [0, 0.05) is 47.4 Å². The minimum Gasteiger partial charge on any atom is -0.383 e. The van der Waals surface area contributed by atoms with Crippen LogP contribution in [0.4, 0.5) is 0 Å². The first kappa shape index (κ1) is 25.9. The van der Waals surface area contributed by atoms with Crippen molar-refractivity contribution in [1.82, 2.24) is 15.6 Å². The van der Waals surface area contributed by atoms with Crippen LogP contribution >= 0.6 is 23.2 Å². The summed E-state index contributed by atoms with van der Waals surface area (Å²) in [5.74, 6) is -0.317. The number of methoxy groups -OCH3 is 1. The van der Waals surface area contributed by atoms with Gasteiger partial charge in [-0.05, 0) is 35.7 Å². The molecule has 0 radical (unpaired) electrons. The molecule has 0 saturated heterocycles. The molecule has 0 aliphatic heterocycles. The average Bonchev–Trinajstić information content (AvgIpc) is 3.32. The van der Waals surface area contributed by atoms with E-state index in [0.29, 0.717) is 58.2 Å². The van der Waals surface area contributed by atoms with E-state index in [2.05, 4.69) is 15.6 Å². The van der Waals surface area contributed by atoms with E-state index in [1.807, 2.05) is 42.5 Å². The lowest BCUT2D eigenvalue weighted by Gasteiger charge is -2.18. The Labute approximate surface area is 219 Å². The lowest BCUT2D eigenvalue weighted by molar-refractivity contribution is 0.0933. The maximum absolute atomic E-state index is 13.8. The zero-order valence-corrected chi connectivity index (χ0v) is 21.3. The van der Waals surface area contributed by atoms with Crippen molar-refractivity contribution in [1.29, 1.82) is 0 Å². The second-order valence-corrected chi connectivity index (χ2v) is 9.17. The molecule has 1 amide bonds. The van der Waals surface area contributed by atoms with Crippen molar-refractivity contribution in [3.63, 3.8) is 0 Å². The van der Waals surface area contributed by atoms with E-state index in [4.69, 9.17) is 27.9 Å². The van der Waals surface area contributed by atoms with Crippen LogP contribution < -0.4 is 10.6 Å². The number of ether oxygens (including phenoxy) is 1. The van der Waals surface area contributed by atoms with Gasteiger partial charge in [-0.15, -0.1) is 0 Å². The number of rotatable bonds is 11. The highest BCUT2D eigenvalue weighted by Crippen LogP contribution is 2.27. The van der Waals surface area contributed by atoms with Crippen molar-refractivity contribution in [3.05, 3.63) is 105 Å². The molecule has 4 rings (SSSR count). The normalized spacial score (nSPS) is 12.0. The van der Waals surface area contributed by atoms with E-state index < -0.39 is 6.04 Å². The summed E-state index contributed by atoms with van der Waals surface area (Å²) < 4.78 is 5.00. The average molecular weight is 524 g/mol. The van der Waals surface area contributed by atoms with Gasteiger partial charge in [0.25, 0.3) is 5.91 Å². The highest BCUT2D eigenvalue weighted by Gasteiger charge is 2.25. The summed E-state index contributed by atoms with van der Waals surface area (Å²) in [6, 6.07) is 19.8. The Hall–Kier alpha value is -3.16. The van der Waals surface area contributed by atoms with E-state index in [0.717, 1.165) is 11.1 Å². The maximum atomic E-state index is 13.8. The largest absolute Gasteiger partial charge is 0.383 e. The first-order chi connectivity index (χ1) is 17.5. The summed E-state index contributed by atoms with van der Waals surface area (Å²) in [4.78, 5) is 29.7. The molecule has 0 unspecified atom stereocenters. The van der Waals surface area contributed by atoms with Gasteiger partial charge in [0.05, 0.1) is 23.7 Å². The number of nitrogens with one attached hydrogen (secondary N) is 3. The Morgan fingerprint density at radius 3 is 2.53 bits per heavy atom. The number of hydrogen-bond donors (Lipinski definition) is 3. The van der Waals surface area contributed by atoms with Crippen LogP contribution in [0.1, 0.15) is 37.9 Å². The van der Waals surface area contributed by atoms with Crippen LogP contribution in [0, 0.1) is 0 Å². The molecule has 6 nitrogen and oxygen atoms in total. The molecule has 1 atom stereocenters. The number of aromatic nitrogens is 1. The predicted octanol–water partition coefficient (Wildman–Crippen LogP) is 5.61. The maximum Gasteiger partial charge on any atom is 0.253 e. The second kappa shape index (κ2) is 12.2. The fourth-order valence-corrected chi connectivity index (χ4v) is 4.65. The molecule has 36 heavy (non-hydrogen) atoms. The lowest BCUT2D eigenvalue weighted by Crippen LogP contribution is -2.30. The third-order valence-electron chi connectivity index (χ3n) is 5.97. The van der Waals surface area contributed by atoms with E-state index in [9.17, 15) is 9.59 Å². The molecular weight excluding hydrogens is 497 g/mol. The van der Waals surface area contributed by atoms with Gasteiger partial charge in [0.2, 0.25) is 0 Å². The summed E-state index contributed by atoms with van der Waals surface area (Å²) in [6.45, 7) is 1.35. The topological polar surface area (TPSA) is 83.2 Å². The molecule has 0 saturated carbocycles. The van der Waals surface area contributed by atoms with Gasteiger partial charge in [-0.3, -0.25) is 9.59 Å². The summed E-state index contributed by atoms with van der Waals surface area (Å²) in [5.41, 5.74) is 3.42. The Bertz CT molecular complexity index is 1350. The summed E-state index contributed by atoms with van der Waals surface area (Å²) >= 11 is 12.3. The monoisotopic (exact) mass is 523 g/mol. The molecular formula is C28H27Cl2N3O3. The predicted molar refractivity (Wildman–Crippen MR) is 144 cm³/mol. The standard InChI is InChI=1S/C28H27Cl2N3O3/c1-36-15-14-32-28(35)22-9-5-8-21-23(17-33-26(21)22)27(34)25(19-6-3-2-4-7-19)31-13-12-18-10-11-20(29)16-24(18)30/h2-11,16-17,25,31,33H,12-15H2,1H3,(H,32,35)/t25-/m1/s1. The summed E-state index contributed by atoms with van der Waals surface area (Å²) in [7, 11) is 1.58. The number of aromatic amines is 1. The number of amides is 1. The SMILES string of the molecule is COCCNC(=O)c1cccc2c(C(=O)[C@H](NCCc3ccc(Cl)cc3Cl)c3ccccc3)c[nH]c12. The highest BCUT2D eigenvalue weighted by atomic mass is 35.5. The van der Waals surface area contributed by atoms with Gasteiger partial charge in [-0.25, -0.2) is 0 Å². The lowest BCUT2D eigenvalue weighted by atomic mass is 9.96. The Kier molecular flexibility index (Phi) is 8.78. The number of hydrogen-bond acceptors (Lipinski definition) is 4. The Morgan fingerprint density at radius 1 is 0.972 bits per heavy atom. The number of H-pyrrole nitrogens is 1. The number of ketones is 1. The van der Waals surface area contributed by atoms with Gasteiger partial charge < -0.3 is 20.4 Å². The molecule has 8 heteroatoms. The molecule has 0 aliphatic carbocycles. The van der Waals surface area contributed by atoms with E-state index in [1.165, 1.54) is 0 Å². The first-order valence-corrected chi connectivity index (χ1v) is 12.4. The van der Waals surface area contributed by atoms with Crippen LogP contribution in [-0.4, -0.2) is 43.5 Å². The van der Waals surface area contributed by atoms with Crippen LogP contribution in [0.3, 0.4) is 0 Å². The summed E-state index contributed by atoms with van der Waals surface area (Å²) in [6.07, 6.45) is 2.30. The molecule has 0 bridgehead atoms. The summed E-state index contributed by atoms with van der Waals surface area (Å²) in [5, 5.41) is 8.11. The zero-order valence-electron chi connectivity index (χ0n) is 19.8. The van der Waals surface area contributed by atoms with Crippen molar-refractivity contribution in [2.24, 2.45) is 0 Å². The van der Waals surface area contributed by atoms with Gasteiger partial charge in [0.15, 0.2) is 5.78 Å². The number of carbonyl (C=O) groups excluding carboxylic acids is 2. The van der Waals surface area contributed by atoms with Crippen molar-refractivity contribution in [2.75, 3.05) is 26.8 Å². The second-order valence-electron chi connectivity index (χ2n) is 8.33.